The molecule has 0 radical (unpaired) electrons. The van der Waals surface area contributed by atoms with Crippen molar-refractivity contribution in [3.63, 3.8) is 0 Å². The average molecular weight is 451 g/mol. The summed E-state index contributed by atoms with van der Waals surface area (Å²) in [6.45, 7) is 5.84. The van der Waals surface area contributed by atoms with E-state index in [0.29, 0.717) is 12.8 Å². The van der Waals surface area contributed by atoms with Crippen LogP contribution < -0.4 is 0 Å². The van der Waals surface area contributed by atoms with Gasteiger partial charge >= 0.3 is 18.2 Å². The van der Waals surface area contributed by atoms with Gasteiger partial charge in [0.05, 0.1) is 12.1 Å². The zero-order valence-electron chi connectivity index (χ0n) is 18.1. The maximum Gasteiger partial charge on any atom is 0.471 e. The molecule has 3 atom stereocenters. The molecule has 3 amide bonds. The lowest BCUT2D eigenvalue weighted by Gasteiger charge is -2.53. The number of piperazine rings is 1. The fraction of sp³-hybridized carbons (Fsp3) is 0.850. The van der Waals surface area contributed by atoms with Gasteiger partial charge in [-0.15, -0.1) is 0 Å². The highest BCUT2D eigenvalue weighted by atomic mass is 19.4. The smallest absolute Gasteiger partial charge is 0.465 e. The SMILES string of the molecule is CC[C@@H]1CN(C(=O)C(F)(F)F)C2(CC2)CN1C(=O)[C@@]1(C(C)(C)C)C[C@@H](F)CN1C(=O)O. The van der Waals surface area contributed by atoms with Crippen LogP contribution in [-0.4, -0.2) is 86.8 Å². The van der Waals surface area contributed by atoms with Gasteiger partial charge in [-0.2, -0.15) is 13.2 Å². The van der Waals surface area contributed by atoms with Crippen LogP contribution in [0.3, 0.4) is 0 Å². The molecule has 7 nitrogen and oxygen atoms in total. The number of nitrogens with zero attached hydrogens (tertiary/aromatic N) is 3. The molecule has 3 rings (SSSR count). The Morgan fingerprint density at radius 2 is 1.65 bits per heavy atom. The minimum absolute atomic E-state index is 0.117. The van der Waals surface area contributed by atoms with E-state index in [0.717, 1.165) is 9.80 Å². The van der Waals surface area contributed by atoms with E-state index in [-0.39, 0.29) is 25.9 Å². The molecule has 2 aliphatic heterocycles. The first-order valence-electron chi connectivity index (χ1n) is 10.5. The van der Waals surface area contributed by atoms with Crippen molar-refractivity contribution in [2.45, 2.75) is 82.8 Å². The van der Waals surface area contributed by atoms with E-state index in [1.165, 1.54) is 4.90 Å². The van der Waals surface area contributed by atoms with Gasteiger partial charge in [-0.3, -0.25) is 14.5 Å². The van der Waals surface area contributed by atoms with Gasteiger partial charge in [-0.1, -0.05) is 27.7 Å². The van der Waals surface area contributed by atoms with E-state index >= 15 is 0 Å². The van der Waals surface area contributed by atoms with E-state index in [4.69, 9.17) is 0 Å². The number of carboxylic acid groups (broad SMARTS) is 1. The molecule has 3 aliphatic rings. The Kier molecular flexibility index (Phi) is 5.50. The number of likely N-dealkylation sites (tertiary alicyclic amines) is 1. The molecule has 3 fully saturated rings. The van der Waals surface area contributed by atoms with E-state index < -0.39 is 59.3 Å². The van der Waals surface area contributed by atoms with Gasteiger partial charge in [0, 0.05) is 25.6 Å². The second-order valence-electron chi connectivity index (χ2n) is 9.94. The predicted molar refractivity (Wildman–Crippen MR) is 102 cm³/mol. The molecule has 1 N–H and O–H groups in total. The van der Waals surface area contributed by atoms with Crippen molar-refractivity contribution in [2.75, 3.05) is 19.6 Å². The molecule has 0 aromatic rings. The summed E-state index contributed by atoms with van der Waals surface area (Å²) < 4.78 is 53.9. The molecule has 11 heteroatoms. The maximum atomic E-state index is 14.5. The third-order valence-corrected chi connectivity index (χ3v) is 7.10. The summed E-state index contributed by atoms with van der Waals surface area (Å²) in [5, 5.41) is 9.73. The van der Waals surface area contributed by atoms with Crippen LogP contribution in [-0.2, 0) is 9.59 Å². The molecule has 1 saturated carbocycles. The van der Waals surface area contributed by atoms with Crippen molar-refractivity contribution in [1.29, 1.82) is 0 Å². The van der Waals surface area contributed by atoms with Crippen LogP contribution in [0.15, 0.2) is 0 Å². The van der Waals surface area contributed by atoms with Crippen LogP contribution >= 0.6 is 0 Å². The lowest BCUT2D eigenvalue weighted by molar-refractivity contribution is -0.194. The van der Waals surface area contributed by atoms with Crippen LogP contribution in [0.1, 0.15) is 53.4 Å². The predicted octanol–water partition coefficient (Wildman–Crippen LogP) is 3.04. The fourth-order valence-corrected chi connectivity index (χ4v) is 5.21. The Morgan fingerprint density at radius 1 is 1.06 bits per heavy atom. The Labute approximate surface area is 178 Å². The third kappa shape index (κ3) is 3.63. The summed E-state index contributed by atoms with van der Waals surface area (Å²) in [5.74, 6) is -2.52. The number of alkyl halides is 4. The van der Waals surface area contributed by atoms with E-state index in [2.05, 4.69) is 0 Å². The normalized spacial score (nSPS) is 30.6. The molecule has 2 saturated heterocycles. The van der Waals surface area contributed by atoms with Gasteiger partial charge in [0.15, 0.2) is 0 Å². The quantitative estimate of drug-likeness (QED) is 0.655. The summed E-state index contributed by atoms with van der Waals surface area (Å²) in [5.41, 5.74) is -3.75. The van der Waals surface area contributed by atoms with E-state index in [1.807, 2.05) is 0 Å². The summed E-state index contributed by atoms with van der Waals surface area (Å²) >= 11 is 0. The standard InChI is InChI=1S/C20H29F4N3O4/c1-5-13-10-26(15(29)20(22,23)24)18(6-7-18)11-25(13)14(28)19(17(2,3)4)8-12(21)9-27(19)16(30)31/h12-13H,5-11H2,1-4H3,(H,30,31)/t12-,13-,19-/m1/s1. The number of carbonyl (C=O) groups is 3. The van der Waals surface area contributed by atoms with Crippen molar-refractivity contribution in [2.24, 2.45) is 5.41 Å². The van der Waals surface area contributed by atoms with E-state index in [9.17, 15) is 37.1 Å². The Hall–Kier alpha value is -2.07. The van der Waals surface area contributed by atoms with Gasteiger partial charge in [0.2, 0.25) is 5.91 Å². The summed E-state index contributed by atoms with van der Waals surface area (Å²) in [6, 6.07) is -0.724. The molecule has 0 aromatic heterocycles. The lowest BCUT2D eigenvalue weighted by Crippen LogP contribution is -2.71. The number of hydrogen-bond donors (Lipinski definition) is 1. The Balaban J connectivity index is 2.00. The minimum atomic E-state index is -5.01. The average Bonchev–Trinajstić information content (AvgIpc) is 3.30. The molecule has 0 unspecified atom stereocenters. The van der Waals surface area contributed by atoms with Gasteiger partial charge in [-0.25, -0.2) is 9.18 Å². The topological polar surface area (TPSA) is 81.2 Å². The minimum Gasteiger partial charge on any atom is -0.465 e. The first kappa shape index (κ1) is 23.6. The summed E-state index contributed by atoms with van der Waals surface area (Å²) in [7, 11) is 0. The summed E-state index contributed by atoms with van der Waals surface area (Å²) in [4.78, 5) is 41.0. The zero-order chi connectivity index (χ0) is 23.6. The Bertz CT molecular complexity index is 777. The van der Waals surface area contributed by atoms with Crippen LogP contribution in [0, 0.1) is 5.41 Å². The van der Waals surface area contributed by atoms with Crippen molar-refractivity contribution in [1.82, 2.24) is 14.7 Å². The zero-order valence-corrected chi connectivity index (χ0v) is 18.1. The third-order valence-electron chi connectivity index (χ3n) is 7.10. The molecule has 0 bridgehead atoms. The number of carbonyl (C=O) groups excluding carboxylic acids is 2. The van der Waals surface area contributed by atoms with Crippen LogP contribution in [0.4, 0.5) is 22.4 Å². The molecule has 0 aromatic carbocycles. The number of amides is 3. The molecular weight excluding hydrogens is 422 g/mol. The lowest BCUT2D eigenvalue weighted by atomic mass is 9.70. The van der Waals surface area contributed by atoms with Gasteiger partial charge in [0.25, 0.3) is 0 Å². The number of halogens is 4. The second-order valence-corrected chi connectivity index (χ2v) is 9.94. The first-order chi connectivity index (χ1) is 14.1. The highest BCUT2D eigenvalue weighted by Gasteiger charge is 2.65. The van der Waals surface area contributed by atoms with Crippen molar-refractivity contribution < 1.29 is 37.1 Å². The number of rotatable bonds is 2. The van der Waals surface area contributed by atoms with E-state index in [1.54, 1.807) is 27.7 Å². The van der Waals surface area contributed by atoms with Gasteiger partial charge in [-0.05, 0) is 24.7 Å². The van der Waals surface area contributed by atoms with Crippen LogP contribution in [0.25, 0.3) is 0 Å². The summed E-state index contributed by atoms with van der Waals surface area (Å²) in [6.07, 6.45) is -7.34. The fourth-order valence-electron chi connectivity index (χ4n) is 5.21. The van der Waals surface area contributed by atoms with Crippen LogP contribution in [0.2, 0.25) is 0 Å². The molecule has 31 heavy (non-hydrogen) atoms. The number of hydrogen-bond acceptors (Lipinski definition) is 3. The molecule has 1 spiro atoms. The second kappa shape index (κ2) is 7.23. The van der Waals surface area contributed by atoms with Crippen molar-refractivity contribution >= 4 is 17.9 Å². The largest absolute Gasteiger partial charge is 0.471 e. The molecule has 1 aliphatic carbocycles. The van der Waals surface area contributed by atoms with Crippen LogP contribution in [0.5, 0.6) is 0 Å². The van der Waals surface area contributed by atoms with Crippen molar-refractivity contribution in [3.05, 3.63) is 0 Å². The molecule has 2 heterocycles. The van der Waals surface area contributed by atoms with Gasteiger partial charge < -0.3 is 14.9 Å². The van der Waals surface area contributed by atoms with Crippen molar-refractivity contribution in [3.8, 4) is 0 Å². The molecular formula is C20H29F4N3O4. The highest BCUT2D eigenvalue weighted by molar-refractivity contribution is 5.92. The molecule has 176 valence electrons. The maximum absolute atomic E-state index is 14.5. The monoisotopic (exact) mass is 451 g/mol. The Morgan fingerprint density at radius 3 is 2.06 bits per heavy atom. The first-order valence-corrected chi connectivity index (χ1v) is 10.5. The van der Waals surface area contributed by atoms with Gasteiger partial charge in [0.1, 0.15) is 11.7 Å². The highest BCUT2D eigenvalue weighted by Crippen LogP contribution is 2.51.